The van der Waals surface area contributed by atoms with Crippen molar-refractivity contribution < 1.29 is 14.6 Å². The lowest BCUT2D eigenvalue weighted by atomic mass is 9.97. The Bertz CT molecular complexity index is 426. The molecule has 0 saturated carbocycles. The van der Waals surface area contributed by atoms with Crippen LogP contribution in [-0.4, -0.2) is 33.4 Å². The van der Waals surface area contributed by atoms with Crippen molar-refractivity contribution in [3.8, 4) is 0 Å². The summed E-state index contributed by atoms with van der Waals surface area (Å²) < 4.78 is 13.1. The number of ether oxygens (including phenoxy) is 2. The highest BCUT2D eigenvalue weighted by molar-refractivity contribution is 5.13. The fourth-order valence-corrected chi connectivity index (χ4v) is 2.15. The molecule has 0 amide bonds. The average Bonchev–Trinajstić information content (AvgIpc) is 2.93. The van der Waals surface area contributed by atoms with Gasteiger partial charge in [0.05, 0.1) is 24.5 Å². The fraction of sp³-hybridized carbons (Fsp3) is 0.786. The van der Waals surface area contributed by atoms with E-state index in [1.54, 1.807) is 6.20 Å². The summed E-state index contributed by atoms with van der Waals surface area (Å²) in [6.07, 6.45) is 5.30. The summed E-state index contributed by atoms with van der Waals surface area (Å²) in [5, 5.41) is 14.4. The standard InChI is InChI=1S/C14H24N2O3/c1-5-14(4,17)11-8-15-16(9-11)7-6-12-10-18-13(2,3)19-12/h8-9,12,17H,5-7,10H2,1-4H3. The van der Waals surface area contributed by atoms with Crippen LogP contribution in [0.4, 0.5) is 0 Å². The number of aliphatic hydroxyl groups is 1. The van der Waals surface area contributed by atoms with Gasteiger partial charge in [0, 0.05) is 18.3 Å². The van der Waals surface area contributed by atoms with Gasteiger partial charge < -0.3 is 14.6 Å². The van der Waals surface area contributed by atoms with E-state index in [1.165, 1.54) is 0 Å². The minimum Gasteiger partial charge on any atom is -0.385 e. The molecule has 0 aromatic carbocycles. The van der Waals surface area contributed by atoms with Crippen LogP contribution >= 0.6 is 0 Å². The molecule has 0 spiro atoms. The molecule has 1 aliphatic heterocycles. The first-order chi connectivity index (χ1) is 8.82. The lowest BCUT2D eigenvalue weighted by molar-refractivity contribution is -0.139. The first kappa shape index (κ1) is 14.5. The van der Waals surface area contributed by atoms with E-state index in [1.807, 2.05) is 38.6 Å². The van der Waals surface area contributed by atoms with Gasteiger partial charge >= 0.3 is 0 Å². The molecule has 0 aliphatic carbocycles. The summed E-state index contributed by atoms with van der Waals surface area (Å²) >= 11 is 0. The van der Waals surface area contributed by atoms with E-state index in [0.29, 0.717) is 13.0 Å². The molecule has 1 aromatic heterocycles. The van der Waals surface area contributed by atoms with Gasteiger partial charge in [-0.15, -0.1) is 0 Å². The Morgan fingerprint density at radius 3 is 2.89 bits per heavy atom. The van der Waals surface area contributed by atoms with Gasteiger partial charge in [0.1, 0.15) is 0 Å². The predicted molar refractivity (Wildman–Crippen MR) is 71.6 cm³/mol. The predicted octanol–water partition coefficient (Wildman–Crippen LogP) is 2.04. The van der Waals surface area contributed by atoms with Crippen molar-refractivity contribution in [1.82, 2.24) is 9.78 Å². The molecule has 2 heterocycles. The summed E-state index contributed by atoms with van der Waals surface area (Å²) in [5.74, 6) is -0.466. The van der Waals surface area contributed by atoms with Crippen LogP contribution in [0.3, 0.4) is 0 Å². The Morgan fingerprint density at radius 2 is 2.32 bits per heavy atom. The Kier molecular flexibility index (Phi) is 3.99. The van der Waals surface area contributed by atoms with Gasteiger partial charge in [0.25, 0.3) is 0 Å². The maximum atomic E-state index is 10.2. The van der Waals surface area contributed by atoms with Crippen molar-refractivity contribution in [2.24, 2.45) is 0 Å². The second-order valence-corrected chi connectivity index (χ2v) is 5.86. The molecule has 1 N–H and O–H groups in total. The first-order valence-electron chi connectivity index (χ1n) is 6.89. The summed E-state index contributed by atoms with van der Waals surface area (Å²) in [6, 6.07) is 0. The number of rotatable bonds is 5. The topological polar surface area (TPSA) is 56.5 Å². The minimum atomic E-state index is -0.798. The van der Waals surface area contributed by atoms with E-state index < -0.39 is 11.4 Å². The summed E-state index contributed by atoms with van der Waals surface area (Å²) in [6.45, 7) is 9.03. The van der Waals surface area contributed by atoms with E-state index in [0.717, 1.165) is 18.5 Å². The highest BCUT2D eigenvalue weighted by Gasteiger charge is 2.32. The normalized spacial score (nSPS) is 25.4. The largest absolute Gasteiger partial charge is 0.385 e. The number of aromatic nitrogens is 2. The average molecular weight is 268 g/mol. The first-order valence-corrected chi connectivity index (χ1v) is 6.89. The second kappa shape index (κ2) is 5.23. The Morgan fingerprint density at radius 1 is 1.58 bits per heavy atom. The Hall–Kier alpha value is -0.910. The van der Waals surface area contributed by atoms with Crippen LogP contribution in [0, 0.1) is 0 Å². The third-order valence-corrected chi connectivity index (χ3v) is 3.69. The lowest BCUT2D eigenvalue weighted by Gasteiger charge is -2.19. The zero-order valence-corrected chi connectivity index (χ0v) is 12.2. The van der Waals surface area contributed by atoms with E-state index in [9.17, 15) is 5.11 Å². The Balaban J connectivity index is 1.88. The maximum absolute atomic E-state index is 10.2. The minimum absolute atomic E-state index is 0.120. The Labute approximate surface area is 114 Å². The highest BCUT2D eigenvalue weighted by Crippen LogP contribution is 2.25. The van der Waals surface area contributed by atoms with Crippen molar-refractivity contribution in [3.63, 3.8) is 0 Å². The van der Waals surface area contributed by atoms with Gasteiger partial charge in [-0.05, 0) is 33.6 Å². The van der Waals surface area contributed by atoms with Gasteiger partial charge in [-0.25, -0.2) is 0 Å². The van der Waals surface area contributed by atoms with E-state index in [2.05, 4.69) is 5.10 Å². The third kappa shape index (κ3) is 3.55. The SMILES string of the molecule is CCC(C)(O)c1cnn(CCC2COC(C)(C)O2)c1. The van der Waals surface area contributed by atoms with Crippen LogP contribution < -0.4 is 0 Å². The van der Waals surface area contributed by atoms with Crippen LogP contribution in [0.15, 0.2) is 12.4 Å². The molecule has 1 aliphatic rings. The molecule has 108 valence electrons. The lowest BCUT2D eigenvalue weighted by Crippen LogP contribution is -2.22. The van der Waals surface area contributed by atoms with Crippen molar-refractivity contribution in [2.45, 2.75) is 64.6 Å². The van der Waals surface area contributed by atoms with Crippen LogP contribution in [0.1, 0.15) is 46.1 Å². The van der Waals surface area contributed by atoms with E-state index in [4.69, 9.17) is 9.47 Å². The fourth-order valence-electron chi connectivity index (χ4n) is 2.15. The maximum Gasteiger partial charge on any atom is 0.163 e. The molecular formula is C14H24N2O3. The molecule has 0 radical (unpaired) electrons. The molecule has 5 nitrogen and oxygen atoms in total. The molecule has 2 atom stereocenters. The smallest absolute Gasteiger partial charge is 0.163 e. The van der Waals surface area contributed by atoms with Crippen LogP contribution in [0.2, 0.25) is 0 Å². The summed E-state index contributed by atoms with van der Waals surface area (Å²) in [7, 11) is 0. The van der Waals surface area contributed by atoms with Gasteiger partial charge in [-0.2, -0.15) is 5.10 Å². The summed E-state index contributed by atoms with van der Waals surface area (Å²) in [4.78, 5) is 0. The van der Waals surface area contributed by atoms with Gasteiger partial charge in [-0.1, -0.05) is 6.92 Å². The van der Waals surface area contributed by atoms with E-state index in [-0.39, 0.29) is 6.10 Å². The zero-order chi connectivity index (χ0) is 14.1. The zero-order valence-electron chi connectivity index (χ0n) is 12.2. The van der Waals surface area contributed by atoms with Crippen molar-refractivity contribution in [3.05, 3.63) is 18.0 Å². The molecule has 19 heavy (non-hydrogen) atoms. The number of nitrogens with zero attached hydrogens (tertiary/aromatic N) is 2. The molecule has 1 saturated heterocycles. The van der Waals surface area contributed by atoms with E-state index >= 15 is 0 Å². The van der Waals surface area contributed by atoms with Crippen molar-refractivity contribution in [1.29, 1.82) is 0 Å². The number of hydrogen-bond donors (Lipinski definition) is 1. The molecule has 5 heteroatoms. The van der Waals surface area contributed by atoms with Gasteiger partial charge in [0.2, 0.25) is 0 Å². The second-order valence-electron chi connectivity index (χ2n) is 5.86. The van der Waals surface area contributed by atoms with Crippen molar-refractivity contribution >= 4 is 0 Å². The number of hydrogen-bond acceptors (Lipinski definition) is 4. The third-order valence-electron chi connectivity index (χ3n) is 3.69. The number of aryl methyl sites for hydroxylation is 1. The summed E-state index contributed by atoms with van der Waals surface area (Å²) in [5.41, 5.74) is 0.0617. The molecular weight excluding hydrogens is 244 g/mol. The quantitative estimate of drug-likeness (QED) is 0.888. The molecule has 2 rings (SSSR count). The van der Waals surface area contributed by atoms with Gasteiger partial charge in [0.15, 0.2) is 5.79 Å². The molecule has 0 bridgehead atoms. The molecule has 1 fully saturated rings. The molecule has 2 unspecified atom stereocenters. The van der Waals surface area contributed by atoms with Crippen LogP contribution in [0.5, 0.6) is 0 Å². The molecule has 1 aromatic rings. The van der Waals surface area contributed by atoms with Gasteiger partial charge in [-0.3, -0.25) is 4.68 Å². The highest BCUT2D eigenvalue weighted by atomic mass is 16.7. The van der Waals surface area contributed by atoms with Crippen LogP contribution in [-0.2, 0) is 21.6 Å². The van der Waals surface area contributed by atoms with Crippen molar-refractivity contribution in [2.75, 3.05) is 6.61 Å². The van der Waals surface area contributed by atoms with Crippen LogP contribution in [0.25, 0.3) is 0 Å². The monoisotopic (exact) mass is 268 g/mol.